The van der Waals surface area contributed by atoms with Crippen LogP contribution < -0.4 is 9.47 Å². The third-order valence-corrected chi connectivity index (χ3v) is 5.66. The van der Waals surface area contributed by atoms with Gasteiger partial charge in [0.25, 0.3) is 5.69 Å². The molecule has 0 aliphatic carbocycles. The molecule has 0 bridgehead atoms. The summed E-state index contributed by atoms with van der Waals surface area (Å²) >= 11 is 0. The predicted molar refractivity (Wildman–Crippen MR) is 144 cm³/mol. The summed E-state index contributed by atoms with van der Waals surface area (Å²) in [6, 6.07) is 31.0. The number of non-ortho nitro benzene ring substituents is 1. The molecular weight excluding hydrogens is 486 g/mol. The zero-order valence-corrected chi connectivity index (χ0v) is 19.8. The van der Waals surface area contributed by atoms with Crippen molar-refractivity contribution in [2.24, 2.45) is 4.99 Å². The van der Waals surface area contributed by atoms with Gasteiger partial charge in [0.05, 0.1) is 21.6 Å². The molecule has 0 spiro atoms. The minimum atomic E-state index is -0.712. The van der Waals surface area contributed by atoms with Crippen LogP contribution in [0.25, 0.3) is 10.8 Å². The topological polar surface area (TPSA) is 117 Å². The van der Waals surface area contributed by atoms with E-state index in [2.05, 4.69) is 4.99 Å². The highest BCUT2D eigenvalue weighted by Crippen LogP contribution is 2.37. The Morgan fingerprint density at radius 2 is 1.34 bits per heavy atom. The van der Waals surface area contributed by atoms with Crippen molar-refractivity contribution in [3.8, 4) is 23.0 Å². The molecule has 0 N–H and O–H groups in total. The Kier molecular flexibility index (Phi) is 6.73. The highest BCUT2D eigenvalue weighted by Gasteiger charge is 2.22. The van der Waals surface area contributed by atoms with Crippen molar-refractivity contribution in [3.05, 3.63) is 135 Å². The largest absolute Gasteiger partial charge is 0.457 e. The molecule has 186 valence electrons. The second-order valence-electron chi connectivity index (χ2n) is 8.13. The van der Waals surface area contributed by atoms with Gasteiger partial charge in [-0.05, 0) is 59.3 Å². The normalized spacial score (nSPS) is 10.9. The number of rotatable bonds is 8. The standard InChI is InChI=1S/C29H19N3O6/c33-31(34)22-13-17-29(27(18-22)32(35)36)38-28-16-10-20-6-4-5-9-25(20)26(28)19-30-21-11-14-24(15-12-21)37-23-7-2-1-3-8-23/h1-19H. The number of fused-ring (bicyclic) bond motifs is 1. The molecule has 0 radical (unpaired) electrons. The van der Waals surface area contributed by atoms with E-state index in [-0.39, 0.29) is 5.75 Å². The lowest BCUT2D eigenvalue weighted by Crippen LogP contribution is -1.98. The Morgan fingerprint density at radius 3 is 2.08 bits per heavy atom. The fourth-order valence-corrected chi connectivity index (χ4v) is 3.83. The van der Waals surface area contributed by atoms with Crippen LogP contribution in [0.1, 0.15) is 5.56 Å². The van der Waals surface area contributed by atoms with Crippen LogP contribution in [0, 0.1) is 20.2 Å². The number of ether oxygens (including phenoxy) is 2. The minimum absolute atomic E-state index is 0.118. The maximum absolute atomic E-state index is 11.6. The van der Waals surface area contributed by atoms with Crippen molar-refractivity contribution in [1.29, 1.82) is 0 Å². The Hall–Kier alpha value is -5.57. The third-order valence-electron chi connectivity index (χ3n) is 5.66. The monoisotopic (exact) mass is 505 g/mol. The van der Waals surface area contributed by atoms with Crippen molar-refractivity contribution >= 4 is 34.0 Å². The molecule has 0 saturated carbocycles. The van der Waals surface area contributed by atoms with Gasteiger partial charge >= 0.3 is 5.69 Å². The molecule has 0 heterocycles. The zero-order valence-electron chi connectivity index (χ0n) is 19.8. The number of aliphatic imine (C=N–C) groups is 1. The molecule has 0 atom stereocenters. The Labute approximate surface area is 216 Å². The molecule has 0 aliphatic rings. The van der Waals surface area contributed by atoms with E-state index in [1.165, 1.54) is 6.07 Å². The first kappa shape index (κ1) is 24.1. The molecule has 0 fully saturated rings. The second-order valence-corrected chi connectivity index (χ2v) is 8.13. The Bertz CT molecular complexity index is 1670. The lowest BCUT2D eigenvalue weighted by Gasteiger charge is -2.12. The molecule has 9 heteroatoms. The third kappa shape index (κ3) is 5.31. The van der Waals surface area contributed by atoms with E-state index in [1.54, 1.807) is 24.4 Å². The van der Waals surface area contributed by atoms with Crippen LogP contribution in [-0.2, 0) is 0 Å². The van der Waals surface area contributed by atoms with Gasteiger partial charge in [0.2, 0.25) is 5.75 Å². The molecule has 5 aromatic rings. The molecule has 38 heavy (non-hydrogen) atoms. The molecule has 0 saturated heterocycles. The number of benzene rings is 5. The maximum atomic E-state index is 11.6. The highest BCUT2D eigenvalue weighted by atomic mass is 16.6. The minimum Gasteiger partial charge on any atom is -0.457 e. The fraction of sp³-hybridized carbons (Fsp3) is 0. The maximum Gasteiger partial charge on any atom is 0.318 e. The van der Waals surface area contributed by atoms with Crippen LogP contribution in [0.15, 0.2) is 114 Å². The summed E-state index contributed by atoms with van der Waals surface area (Å²) < 4.78 is 11.8. The van der Waals surface area contributed by atoms with Gasteiger partial charge < -0.3 is 9.47 Å². The summed E-state index contributed by atoms with van der Waals surface area (Å²) in [7, 11) is 0. The molecule has 0 aromatic heterocycles. The van der Waals surface area contributed by atoms with E-state index >= 15 is 0 Å². The number of para-hydroxylation sites is 1. The first-order chi connectivity index (χ1) is 18.5. The molecule has 9 nitrogen and oxygen atoms in total. The number of nitro benzene ring substituents is 2. The van der Waals surface area contributed by atoms with Gasteiger partial charge in [0, 0.05) is 17.8 Å². The van der Waals surface area contributed by atoms with Crippen molar-refractivity contribution in [2.75, 3.05) is 0 Å². The smallest absolute Gasteiger partial charge is 0.318 e. The lowest BCUT2D eigenvalue weighted by atomic mass is 10.0. The van der Waals surface area contributed by atoms with E-state index in [1.807, 2.05) is 72.8 Å². The molecule has 5 rings (SSSR count). The summed E-state index contributed by atoms with van der Waals surface area (Å²) in [4.78, 5) is 25.9. The van der Waals surface area contributed by atoms with Gasteiger partial charge in [0.15, 0.2) is 0 Å². The summed E-state index contributed by atoms with van der Waals surface area (Å²) in [6.45, 7) is 0. The SMILES string of the molecule is O=[N+]([O-])c1ccc(Oc2ccc3ccccc3c2C=Nc2ccc(Oc3ccccc3)cc2)c([N+](=O)[O-])c1. The second kappa shape index (κ2) is 10.6. The predicted octanol–water partition coefficient (Wildman–Crippen LogP) is 7.99. The van der Waals surface area contributed by atoms with E-state index < -0.39 is 21.2 Å². The van der Waals surface area contributed by atoms with Crippen LogP contribution in [0.5, 0.6) is 23.0 Å². The van der Waals surface area contributed by atoms with E-state index in [4.69, 9.17) is 9.47 Å². The average Bonchev–Trinajstić information content (AvgIpc) is 2.93. The summed E-state index contributed by atoms with van der Waals surface area (Å²) in [5.41, 5.74) is 0.347. The van der Waals surface area contributed by atoms with Gasteiger partial charge in [0.1, 0.15) is 17.2 Å². The molecular formula is C29H19N3O6. The summed E-state index contributed by atoms with van der Waals surface area (Å²) in [6.07, 6.45) is 1.63. The van der Waals surface area contributed by atoms with Crippen LogP contribution >= 0.6 is 0 Å². The van der Waals surface area contributed by atoms with E-state index in [0.29, 0.717) is 22.7 Å². The average molecular weight is 505 g/mol. The van der Waals surface area contributed by atoms with Crippen LogP contribution in [0.4, 0.5) is 17.1 Å². The summed E-state index contributed by atoms with van der Waals surface area (Å²) in [5, 5.41) is 24.4. The molecule has 0 aliphatic heterocycles. The Morgan fingerprint density at radius 1 is 0.658 bits per heavy atom. The van der Waals surface area contributed by atoms with Crippen molar-refractivity contribution in [2.45, 2.75) is 0 Å². The first-order valence-corrected chi connectivity index (χ1v) is 11.5. The van der Waals surface area contributed by atoms with Gasteiger partial charge in [-0.15, -0.1) is 0 Å². The number of nitro groups is 2. The highest BCUT2D eigenvalue weighted by molar-refractivity contribution is 6.03. The van der Waals surface area contributed by atoms with Gasteiger partial charge in [-0.2, -0.15) is 0 Å². The van der Waals surface area contributed by atoms with Crippen molar-refractivity contribution < 1.29 is 19.3 Å². The molecule has 5 aromatic carbocycles. The molecule has 0 unspecified atom stereocenters. The van der Waals surface area contributed by atoms with Gasteiger partial charge in [-0.1, -0.05) is 48.5 Å². The van der Waals surface area contributed by atoms with E-state index in [9.17, 15) is 20.2 Å². The number of hydrogen-bond donors (Lipinski definition) is 0. The van der Waals surface area contributed by atoms with Gasteiger partial charge in [-0.3, -0.25) is 25.2 Å². The van der Waals surface area contributed by atoms with Crippen LogP contribution in [0.3, 0.4) is 0 Å². The van der Waals surface area contributed by atoms with Crippen LogP contribution in [-0.4, -0.2) is 16.1 Å². The zero-order chi connectivity index (χ0) is 26.5. The quantitative estimate of drug-likeness (QED) is 0.120. The van der Waals surface area contributed by atoms with Crippen molar-refractivity contribution in [1.82, 2.24) is 0 Å². The first-order valence-electron chi connectivity index (χ1n) is 11.5. The lowest BCUT2D eigenvalue weighted by molar-refractivity contribution is -0.394. The number of nitrogens with zero attached hydrogens (tertiary/aromatic N) is 3. The number of hydrogen-bond acceptors (Lipinski definition) is 7. The van der Waals surface area contributed by atoms with E-state index in [0.717, 1.165) is 28.7 Å². The molecule has 0 amide bonds. The van der Waals surface area contributed by atoms with Gasteiger partial charge in [-0.25, -0.2) is 0 Å². The van der Waals surface area contributed by atoms with Crippen molar-refractivity contribution in [3.63, 3.8) is 0 Å². The van der Waals surface area contributed by atoms with Crippen LogP contribution in [0.2, 0.25) is 0 Å². The fourth-order valence-electron chi connectivity index (χ4n) is 3.83. The Balaban J connectivity index is 1.48. The summed E-state index contributed by atoms with van der Waals surface area (Å²) in [5.74, 6) is 1.58.